The zero-order valence-electron chi connectivity index (χ0n) is 11.7. The number of carbonyl (C=O) groups excluding carboxylic acids is 1. The summed E-state index contributed by atoms with van der Waals surface area (Å²) in [5.41, 5.74) is 0.700. The lowest BCUT2D eigenvalue weighted by molar-refractivity contribution is -0.117. The number of hydrogen-bond donors (Lipinski definition) is 3. The van der Waals surface area contributed by atoms with E-state index in [9.17, 15) is 23.4 Å². The van der Waals surface area contributed by atoms with E-state index in [4.69, 9.17) is 0 Å². The molecule has 3 rings (SSSR count). The van der Waals surface area contributed by atoms with E-state index >= 15 is 0 Å². The van der Waals surface area contributed by atoms with Gasteiger partial charge in [0, 0.05) is 6.20 Å². The van der Waals surface area contributed by atoms with Crippen LogP contribution >= 0.6 is 0 Å². The average Bonchev–Trinajstić information content (AvgIpc) is 2.79. The summed E-state index contributed by atoms with van der Waals surface area (Å²) >= 11 is 0. The maximum Gasteiger partial charge on any atom is 0.326 e. The number of aromatic hydroxyl groups is 1. The number of benzene rings is 1. The van der Waals surface area contributed by atoms with Crippen molar-refractivity contribution in [2.45, 2.75) is 6.10 Å². The van der Waals surface area contributed by atoms with Crippen LogP contribution in [0, 0.1) is 0 Å². The summed E-state index contributed by atoms with van der Waals surface area (Å²) < 4.78 is 26.2. The van der Waals surface area contributed by atoms with Crippen LogP contribution in [0.2, 0.25) is 0 Å². The summed E-state index contributed by atoms with van der Waals surface area (Å²) in [7, 11) is -4.00. The van der Waals surface area contributed by atoms with Crippen LogP contribution in [0.3, 0.4) is 0 Å². The molecule has 1 amide bonds. The molecule has 8 nitrogen and oxygen atoms in total. The Kier molecular flexibility index (Phi) is 3.66. The number of aromatic nitrogens is 1. The van der Waals surface area contributed by atoms with Gasteiger partial charge in [-0.15, -0.1) is 0 Å². The van der Waals surface area contributed by atoms with Crippen molar-refractivity contribution >= 4 is 21.8 Å². The number of carbonyl (C=O) groups is 1. The van der Waals surface area contributed by atoms with Gasteiger partial charge in [0.2, 0.25) is 0 Å². The standard InChI is InChI=1S/C14H13N3O5S/c18-12-7-9(14(20)10-3-1-2-6-15-10)4-5-11(12)17-8-13(19)16-23(17,21)22/h1-7,14,18,20H,8H2,(H,16,19). The molecule has 1 aromatic heterocycles. The number of anilines is 1. The summed E-state index contributed by atoms with van der Waals surface area (Å²) in [6, 6.07) is 9.09. The monoisotopic (exact) mass is 335 g/mol. The molecule has 2 aromatic rings. The molecule has 1 aliphatic rings. The van der Waals surface area contributed by atoms with Gasteiger partial charge in [0.25, 0.3) is 5.91 Å². The minimum atomic E-state index is -4.00. The van der Waals surface area contributed by atoms with E-state index < -0.39 is 28.8 Å². The zero-order chi connectivity index (χ0) is 16.6. The second kappa shape index (κ2) is 5.52. The predicted octanol–water partition coefficient (Wildman–Crippen LogP) is 0.0499. The van der Waals surface area contributed by atoms with Crippen molar-refractivity contribution in [2.75, 3.05) is 10.8 Å². The van der Waals surface area contributed by atoms with Gasteiger partial charge in [-0.3, -0.25) is 9.78 Å². The van der Waals surface area contributed by atoms with E-state index in [0.29, 0.717) is 11.3 Å². The van der Waals surface area contributed by atoms with Gasteiger partial charge in [-0.1, -0.05) is 12.1 Å². The van der Waals surface area contributed by atoms with Gasteiger partial charge in [-0.05, 0) is 29.8 Å². The van der Waals surface area contributed by atoms with E-state index in [-0.39, 0.29) is 11.4 Å². The highest BCUT2D eigenvalue weighted by Gasteiger charge is 2.35. The van der Waals surface area contributed by atoms with Crippen LogP contribution in [-0.4, -0.2) is 36.1 Å². The van der Waals surface area contributed by atoms with E-state index in [2.05, 4.69) is 4.98 Å². The van der Waals surface area contributed by atoms with E-state index in [0.717, 1.165) is 4.31 Å². The Labute approximate surface area is 132 Å². The van der Waals surface area contributed by atoms with Crippen LogP contribution in [0.15, 0.2) is 42.6 Å². The van der Waals surface area contributed by atoms with Crippen LogP contribution in [0.5, 0.6) is 5.75 Å². The highest BCUT2D eigenvalue weighted by molar-refractivity contribution is 7.92. The molecular formula is C14H13N3O5S. The second-order valence-electron chi connectivity index (χ2n) is 4.94. The lowest BCUT2D eigenvalue weighted by Gasteiger charge is -2.18. The van der Waals surface area contributed by atoms with Crippen LogP contribution in [0.1, 0.15) is 17.4 Å². The van der Waals surface area contributed by atoms with Crippen LogP contribution in [0.25, 0.3) is 0 Å². The van der Waals surface area contributed by atoms with Crippen molar-refractivity contribution < 1.29 is 23.4 Å². The normalized spacial score (nSPS) is 17.8. The van der Waals surface area contributed by atoms with E-state index in [1.54, 1.807) is 18.2 Å². The van der Waals surface area contributed by atoms with Crippen molar-refractivity contribution in [3.8, 4) is 5.75 Å². The Bertz CT molecular complexity index is 854. The van der Waals surface area contributed by atoms with Gasteiger partial charge in [0.1, 0.15) is 18.4 Å². The summed E-state index contributed by atoms with van der Waals surface area (Å²) in [5.74, 6) is -1.04. The number of pyridine rings is 1. The number of aliphatic hydroxyl groups excluding tert-OH is 1. The summed E-state index contributed by atoms with van der Waals surface area (Å²) in [6.07, 6.45) is 0.465. The molecule has 0 saturated carbocycles. The van der Waals surface area contributed by atoms with Gasteiger partial charge in [0.15, 0.2) is 0 Å². The molecule has 1 aromatic carbocycles. The Hall–Kier alpha value is -2.65. The van der Waals surface area contributed by atoms with Crippen molar-refractivity contribution in [2.24, 2.45) is 0 Å². The van der Waals surface area contributed by atoms with Crippen LogP contribution in [0.4, 0.5) is 5.69 Å². The minimum absolute atomic E-state index is 0.0414. The first-order valence-electron chi connectivity index (χ1n) is 6.64. The predicted molar refractivity (Wildman–Crippen MR) is 80.8 cm³/mol. The lowest BCUT2D eigenvalue weighted by atomic mass is 10.0. The molecule has 9 heteroatoms. The van der Waals surface area contributed by atoms with Gasteiger partial charge < -0.3 is 10.2 Å². The van der Waals surface area contributed by atoms with Gasteiger partial charge in [-0.2, -0.15) is 8.42 Å². The Morgan fingerprint density at radius 2 is 2.04 bits per heavy atom. The molecule has 0 radical (unpaired) electrons. The third kappa shape index (κ3) is 2.83. The molecule has 1 atom stereocenters. The maximum absolute atomic E-state index is 11.8. The summed E-state index contributed by atoms with van der Waals surface area (Å²) in [4.78, 5) is 15.3. The fourth-order valence-corrected chi connectivity index (χ4v) is 3.45. The van der Waals surface area contributed by atoms with E-state index in [1.165, 1.54) is 24.4 Å². The first-order valence-corrected chi connectivity index (χ1v) is 8.08. The molecule has 1 fully saturated rings. The summed E-state index contributed by atoms with van der Waals surface area (Å²) in [5, 5.41) is 20.3. The maximum atomic E-state index is 11.8. The molecule has 1 unspecified atom stereocenters. The average molecular weight is 335 g/mol. The molecule has 0 bridgehead atoms. The Morgan fingerprint density at radius 3 is 2.61 bits per heavy atom. The molecule has 120 valence electrons. The number of nitrogens with one attached hydrogen (secondary N) is 1. The molecule has 23 heavy (non-hydrogen) atoms. The fraction of sp³-hybridized carbons (Fsp3) is 0.143. The third-order valence-corrected chi connectivity index (χ3v) is 4.76. The highest BCUT2D eigenvalue weighted by Crippen LogP contribution is 2.33. The van der Waals surface area contributed by atoms with Crippen LogP contribution < -0.4 is 9.03 Å². The fourth-order valence-electron chi connectivity index (χ4n) is 2.29. The largest absolute Gasteiger partial charge is 0.506 e. The first-order chi connectivity index (χ1) is 10.9. The van der Waals surface area contributed by atoms with Crippen molar-refractivity contribution in [3.63, 3.8) is 0 Å². The SMILES string of the molecule is O=C1CN(c2ccc(C(O)c3ccccn3)cc2O)S(=O)(=O)N1. The second-order valence-corrected chi connectivity index (χ2v) is 6.54. The lowest BCUT2D eigenvalue weighted by Crippen LogP contribution is -2.29. The Balaban J connectivity index is 1.94. The van der Waals surface area contributed by atoms with Gasteiger partial charge in [-0.25, -0.2) is 9.03 Å². The first kappa shape index (κ1) is 15.3. The minimum Gasteiger partial charge on any atom is -0.506 e. The van der Waals surface area contributed by atoms with Crippen LogP contribution in [-0.2, 0) is 15.0 Å². The van der Waals surface area contributed by atoms with Crippen molar-refractivity contribution in [1.82, 2.24) is 9.71 Å². The third-order valence-electron chi connectivity index (χ3n) is 3.37. The van der Waals surface area contributed by atoms with Gasteiger partial charge in [0.05, 0.1) is 11.4 Å². The number of aliphatic hydroxyl groups is 1. The highest BCUT2D eigenvalue weighted by atomic mass is 32.2. The number of nitrogens with zero attached hydrogens (tertiary/aromatic N) is 2. The van der Waals surface area contributed by atoms with Gasteiger partial charge >= 0.3 is 10.2 Å². The van der Waals surface area contributed by atoms with Crippen molar-refractivity contribution in [1.29, 1.82) is 0 Å². The van der Waals surface area contributed by atoms with Crippen molar-refractivity contribution in [3.05, 3.63) is 53.9 Å². The quantitative estimate of drug-likeness (QED) is 0.729. The number of phenols is 1. The molecule has 1 aliphatic heterocycles. The molecule has 0 aliphatic carbocycles. The molecule has 3 N–H and O–H groups in total. The molecular weight excluding hydrogens is 322 g/mol. The molecule has 1 saturated heterocycles. The van der Waals surface area contributed by atoms with E-state index in [1.807, 2.05) is 4.72 Å². The Morgan fingerprint density at radius 1 is 1.26 bits per heavy atom. The topological polar surface area (TPSA) is 120 Å². The summed E-state index contributed by atoms with van der Waals surface area (Å²) in [6.45, 7) is -0.405. The number of hydrogen-bond acceptors (Lipinski definition) is 6. The molecule has 0 spiro atoms. The number of rotatable bonds is 3. The number of phenolic OH excluding ortho intramolecular Hbond substituents is 1. The smallest absolute Gasteiger partial charge is 0.326 e. The number of amides is 1. The zero-order valence-corrected chi connectivity index (χ0v) is 12.6. The molecule has 2 heterocycles.